The number of hydrogen-bond donors (Lipinski definition) is 1. The maximum Gasteiger partial charge on any atom is 0.266 e. The van der Waals surface area contributed by atoms with Gasteiger partial charge in [0.1, 0.15) is 9.09 Å². The first kappa shape index (κ1) is 8.95. The van der Waals surface area contributed by atoms with Gasteiger partial charge in [0.05, 0.1) is 0 Å². The summed E-state index contributed by atoms with van der Waals surface area (Å²) >= 11 is 7.67. The van der Waals surface area contributed by atoms with Gasteiger partial charge in [0, 0.05) is 7.05 Å². The normalized spacial score (nSPS) is 11.0. The summed E-state index contributed by atoms with van der Waals surface area (Å²) in [5.74, 6) is 0. The fraction of sp³-hybridized carbons (Fsp3) is 0.167. The third kappa shape index (κ3) is 1.24. The predicted octanol–water partition coefficient (Wildman–Crippen LogP) is 0.915. The van der Waals surface area contributed by atoms with Crippen molar-refractivity contribution in [1.29, 1.82) is 0 Å². The van der Waals surface area contributed by atoms with E-state index in [2.05, 4.69) is 15.2 Å². The van der Waals surface area contributed by atoms with Gasteiger partial charge < -0.3 is 0 Å². The molecule has 7 heteroatoms. The molecule has 0 bridgehead atoms. The highest BCUT2D eigenvalue weighted by atomic mass is 127. The summed E-state index contributed by atoms with van der Waals surface area (Å²) in [6, 6.07) is 0. The van der Waals surface area contributed by atoms with Crippen LogP contribution < -0.4 is 5.56 Å². The number of nitrogens with one attached hydrogen (secondary N) is 1. The molecule has 2 rings (SSSR count). The molecule has 2 heterocycles. The van der Waals surface area contributed by atoms with Crippen molar-refractivity contribution in [1.82, 2.24) is 19.7 Å². The van der Waals surface area contributed by atoms with E-state index < -0.39 is 0 Å². The van der Waals surface area contributed by atoms with E-state index in [1.54, 1.807) is 7.05 Å². The number of H-pyrrole nitrogens is 1. The summed E-state index contributed by atoms with van der Waals surface area (Å²) in [5, 5.41) is 7.13. The zero-order valence-electron chi connectivity index (χ0n) is 6.51. The number of nitrogens with zero attached hydrogens (tertiary/aromatic N) is 3. The van der Waals surface area contributed by atoms with Gasteiger partial charge in [-0.2, -0.15) is 10.1 Å². The second kappa shape index (κ2) is 2.95. The van der Waals surface area contributed by atoms with Crippen molar-refractivity contribution in [3.63, 3.8) is 0 Å². The van der Waals surface area contributed by atoms with Crippen LogP contribution in [0.4, 0.5) is 0 Å². The average Bonchev–Trinajstić information content (AvgIpc) is 2.43. The lowest BCUT2D eigenvalue weighted by Crippen LogP contribution is -2.18. The molecule has 2 aromatic rings. The number of fused-ring (bicyclic) bond motifs is 1. The van der Waals surface area contributed by atoms with Crippen LogP contribution in [0, 0.1) is 3.70 Å². The third-order valence-corrected chi connectivity index (χ3v) is 2.82. The molecule has 0 amide bonds. The summed E-state index contributed by atoms with van der Waals surface area (Å²) in [4.78, 5) is 15.6. The molecular weight excluding hydrogens is 306 g/mol. The molecule has 0 atom stereocenters. The molecule has 0 saturated heterocycles. The SMILES string of the molecule is Cn1c(Cl)nc2[nH]nc(I)c2c1=O. The Bertz CT molecular complexity index is 531. The van der Waals surface area contributed by atoms with E-state index in [9.17, 15) is 4.79 Å². The minimum atomic E-state index is -0.187. The Kier molecular flexibility index (Phi) is 2.03. The summed E-state index contributed by atoms with van der Waals surface area (Å²) in [6.07, 6.45) is 0. The Morgan fingerprint density at radius 2 is 2.31 bits per heavy atom. The molecule has 0 saturated carbocycles. The van der Waals surface area contributed by atoms with Crippen molar-refractivity contribution in [2.24, 2.45) is 7.05 Å². The Balaban J connectivity index is 3.06. The van der Waals surface area contributed by atoms with Gasteiger partial charge in [0.25, 0.3) is 5.56 Å². The summed E-state index contributed by atoms with van der Waals surface area (Å²) < 4.78 is 1.89. The quantitative estimate of drug-likeness (QED) is 0.581. The number of halogens is 2. The van der Waals surface area contributed by atoms with Crippen LogP contribution in [0.15, 0.2) is 4.79 Å². The Morgan fingerprint density at radius 1 is 1.62 bits per heavy atom. The van der Waals surface area contributed by atoms with Gasteiger partial charge in [0.2, 0.25) is 5.28 Å². The van der Waals surface area contributed by atoms with Crippen molar-refractivity contribution in [3.8, 4) is 0 Å². The maximum atomic E-state index is 11.6. The lowest BCUT2D eigenvalue weighted by Gasteiger charge is -1.98. The van der Waals surface area contributed by atoms with E-state index in [-0.39, 0.29) is 10.8 Å². The van der Waals surface area contributed by atoms with E-state index in [0.29, 0.717) is 14.7 Å². The molecule has 0 unspecified atom stereocenters. The predicted molar refractivity (Wildman–Crippen MR) is 56.9 cm³/mol. The Hall–Kier alpha value is -0.630. The van der Waals surface area contributed by atoms with Crippen molar-refractivity contribution >= 4 is 45.2 Å². The van der Waals surface area contributed by atoms with Gasteiger partial charge in [-0.25, -0.2) is 0 Å². The van der Waals surface area contributed by atoms with Gasteiger partial charge in [-0.15, -0.1) is 0 Å². The number of aromatic nitrogens is 4. The molecule has 0 aromatic carbocycles. The largest absolute Gasteiger partial charge is 0.286 e. The van der Waals surface area contributed by atoms with Crippen molar-refractivity contribution in [3.05, 3.63) is 19.3 Å². The van der Waals surface area contributed by atoms with Gasteiger partial charge in [-0.1, -0.05) is 0 Å². The van der Waals surface area contributed by atoms with Crippen LogP contribution in [-0.2, 0) is 7.05 Å². The molecule has 13 heavy (non-hydrogen) atoms. The Morgan fingerprint density at radius 3 is 3.00 bits per heavy atom. The van der Waals surface area contributed by atoms with Crippen LogP contribution >= 0.6 is 34.2 Å². The van der Waals surface area contributed by atoms with Gasteiger partial charge in [0.15, 0.2) is 5.65 Å². The van der Waals surface area contributed by atoms with Crippen LogP contribution in [0.1, 0.15) is 0 Å². The molecule has 0 spiro atoms. The zero-order valence-corrected chi connectivity index (χ0v) is 9.42. The van der Waals surface area contributed by atoms with Gasteiger partial charge in [-0.05, 0) is 34.2 Å². The monoisotopic (exact) mass is 310 g/mol. The number of aromatic amines is 1. The molecule has 5 nitrogen and oxygen atoms in total. The van der Waals surface area contributed by atoms with Crippen molar-refractivity contribution in [2.75, 3.05) is 0 Å². The van der Waals surface area contributed by atoms with Gasteiger partial charge in [-0.3, -0.25) is 14.5 Å². The van der Waals surface area contributed by atoms with Crippen molar-refractivity contribution < 1.29 is 0 Å². The molecule has 0 aliphatic carbocycles. The van der Waals surface area contributed by atoms with Crippen LogP contribution in [-0.4, -0.2) is 19.7 Å². The van der Waals surface area contributed by atoms with E-state index in [1.165, 1.54) is 4.57 Å². The standard InChI is InChI=1S/C6H4ClIN4O/c1-12-5(13)2-3(8)10-11-4(2)9-6(12)7/h1H3,(H,10,11). The first-order valence-corrected chi connectivity index (χ1v) is 4.83. The fourth-order valence-corrected chi connectivity index (χ4v) is 1.77. The van der Waals surface area contributed by atoms with Crippen molar-refractivity contribution in [2.45, 2.75) is 0 Å². The minimum absolute atomic E-state index is 0.151. The van der Waals surface area contributed by atoms with E-state index >= 15 is 0 Å². The van der Waals surface area contributed by atoms with Gasteiger partial charge >= 0.3 is 0 Å². The molecule has 1 N–H and O–H groups in total. The lowest BCUT2D eigenvalue weighted by atomic mass is 10.4. The minimum Gasteiger partial charge on any atom is -0.286 e. The summed E-state index contributed by atoms with van der Waals surface area (Å²) in [6.45, 7) is 0. The summed E-state index contributed by atoms with van der Waals surface area (Å²) in [7, 11) is 1.57. The zero-order chi connectivity index (χ0) is 9.59. The first-order valence-electron chi connectivity index (χ1n) is 3.37. The smallest absolute Gasteiger partial charge is 0.266 e. The van der Waals surface area contributed by atoms with E-state index in [0.717, 1.165) is 0 Å². The highest BCUT2D eigenvalue weighted by Crippen LogP contribution is 2.13. The van der Waals surface area contributed by atoms with Crippen LogP contribution in [0.3, 0.4) is 0 Å². The fourth-order valence-electron chi connectivity index (χ4n) is 1.00. The lowest BCUT2D eigenvalue weighted by molar-refractivity contribution is 0.842. The third-order valence-electron chi connectivity index (χ3n) is 1.70. The number of rotatable bonds is 0. The maximum absolute atomic E-state index is 11.6. The summed E-state index contributed by atoms with van der Waals surface area (Å²) in [5.41, 5.74) is 0.241. The molecule has 0 aliphatic heterocycles. The molecule has 0 aliphatic rings. The number of hydrogen-bond acceptors (Lipinski definition) is 3. The van der Waals surface area contributed by atoms with Crippen LogP contribution in [0.2, 0.25) is 5.28 Å². The van der Waals surface area contributed by atoms with Crippen LogP contribution in [0.5, 0.6) is 0 Å². The highest BCUT2D eigenvalue weighted by molar-refractivity contribution is 14.1. The molecule has 2 aromatic heterocycles. The second-order valence-corrected chi connectivity index (χ2v) is 3.84. The van der Waals surface area contributed by atoms with Crippen LogP contribution in [0.25, 0.3) is 11.0 Å². The van der Waals surface area contributed by atoms with E-state index in [4.69, 9.17) is 11.6 Å². The highest BCUT2D eigenvalue weighted by Gasteiger charge is 2.11. The molecule has 68 valence electrons. The molecular formula is C6H4ClIN4O. The molecule has 0 radical (unpaired) electrons. The average molecular weight is 310 g/mol. The Labute approximate surface area is 91.3 Å². The van der Waals surface area contributed by atoms with E-state index in [1.807, 2.05) is 22.6 Å². The second-order valence-electron chi connectivity index (χ2n) is 2.48. The topological polar surface area (TPSA) is 63.6 Å². The molecule has 0 fully saturated rings. The first-order chi connectivity index (χ1) is 6.11.